The van der Waals surface area contributed by atoms with Crippen molar-refractivity contribution in [2.45, 2.75) is 71.6 Å². The van der Waals surface area contributed by atoms with Gasteiger partial charge in [0.15, 0.2) is 0 Å². The molecule has 1 aliphatic heterocycles. The Hall–Kier alpha value is -2.04. The number of carbonyl (C=O) groups excluding carboxylic acids is 2. The summed E-state index contributed by atoms with van der Waals surface area (Å²) in [6.45, 7) is 11.5. The summed E-state index contributed by atoms with van der Waals surface area (Å²) in [4.78, 5) is 27.0. The van der Waals surface area contributed by atoms with Crippen LogP contribution in [-0.2, 0) is 20.7 Å². The van der Waals surface area contributed by atoms with Crippen molar-refractivity contribution in [2.24, 2.45) is 5.92 Å². The second kappa shape index (κ2) is 7.68. The van der Waals surface area contributed by atoms with Crippen molar-refractivity contribution in [1.82, 2.24) is 4.90 Å². The lowest BCUT2D eigenvalue weighted by atomic mass is 9.92. The second-order valence-electron chi connectivity index (χ2n) is 8.89. The minimum absolute atomic E-state index is 0.0137. The van der Waals surface area contributed by atoms with E-state index in [0.29, 0.717) is 6.54 Å². The maximum absolute atomic E-state index is 12.9. The van der Waals surface area contributed by atoms with E-state index in [1.165, 1.54) is 4.90 Å². The number of nitrogens with zero attached hydrogens (tertiary/aromatic N) is 1. The van der Waals surface area contributed by atoms with Gasteiger partial charge in [-0.25, -0.2) is 9.59 Å². The molecule has 0 saturated carbocycles. The Morgan fingerprint density at radius 2 is 1.58 bits per heavy atom. The first-order valence-corrected chi connectivity index (χ1v) is 9.23. The molecule has 5 heteroatoms. The second-order valence-corrected chi connectivity index (χ2v) is 8.89. The monoisotopic (exact) mass is 361 g/mol. The molecule has 1 amide bonds. The quantitative estimate of drug-likeness (QED) is 0.757. The van der Waals surface area contributed by atoms with Gasteiger partial charge < -0.3 is 9.47 Å². The van der Waals surface area contributed by atoms with Gasteiger partial charge >= 0.3 is 12.1 Å². The molecule has 2 unspecified atom stereocenters. The number of hydrogen-bond acceptors (Lipinski definition) is 4. The molecule has 0 N–H and O–H groups in total. The van der Waals surface area contributed by atoms with Crippen LogP contribution in [-0.4, -0.2) is 40.8 Å². The molecule has 0 radical (unpaired) electrons. The molecule has 0 bridgehead atoms. The van der Waals surface area contributed by atoms with E-state index in [2.05, 4.69) is 0 Å². The fraction of sp³-hybridized carbons (Fsp3) is 0.619. The van der Waals surface area contributed by atoms with Crippen LogP contribution in [0.25, 0.3) is 0 Å². The molecule has 1 saturated heterocycles. The van der Waals surface area contributed by atoms with Gasteiger partial charge in [-0.1, -0.05) is 30.3 Å². The number of amides is 1. The van der Waals surface area contributed by atoms with Crippen molar-refractivity contribution >= 4 is 12.1 Å². The zero-order chi connectivity index (χ0) is 19.5. The molecule has 0 spiro atoms. The molecule has 26 heavy (non-hydrogen) atoms. The number of benzene rings is 1. The Kier molecular flexibility index (Phi) is 5.99. The van der Waals surface area contributed by atoms with Gasteiger partial charge in [0, 0.05) is 6.54 Å². The fourth-order valence-corrected chi connectivity index (χ4v) is 3.19. The zero-order valence-corrected chi connectivity index (χ0v) is 16.7. The van der Waals surface area contributed by atoms with E-state index >= 15 is 0 Å². The SMILES string of the molecule is CC(C)(C)OC(=O)C1C(Cc2ccccc2)CCN1C(=O)OC(C)(C)C. The molecule has 144 valence electrons. The minimum atomic E-state index is -0.621. The van der Waals surface area contributed by atoms with Crippen molar-refractivity contribution in [3.63, 3.8) is 0 Å². The topological polar surface area (TPSA) is 55.8 Å². The van der Waals surface area contributed by atoms with E-state index < -0.39 is 23.3 Å². The van der Waals surface area contributed by atoms with Gasteiger partial charge in [-0.2, -0.15) is 0 Å². The molecule has 1 aliphatic rings. The summed E-state index contributed by atoms with van der Waals surface area (Å²) < 4.78 is 11.1. The summed E-state index contributed by atoms with van der Waals surface area (Å²) in [5.41, 5.74) is -0.0546. The third kappa shape index (κ3) is 5.75. The summed E-state index contributed by atoms with van der Waals surface area (Å²) in [5, 5.41) is 0. The van der Waals surface area contributed by atoms with E-state index in [0.717, 1.165) is 18.4 Å². The number of ether oxygens (including phenoxy) is 2. The van der Waals surface area contributed by atoms with E-state index in [9.17, 15) is 9.59 Å². The maximum Gasteiger partial charge on any atom is 0.411 e. The number of rotatable bonds is 3. The maximum atomic E-state index is 12.9. The summed E-state index contributed by atoms with van der Waals surface area (Å²) >= 11 is 0. The molecule has 2 rings (SSSR count). The third-order valence-electron chi connectivity index (χ3n) is 4.14. The third-order valence-corrected chi connectivity index (χ3v) is 4.14. The average molecular weight is 361 g/mol. The number of hydrogen-bond donors (Lipinski definition) is 0. The van der Waals surface area contributed by atoms with Gasteiger partial charge in [-0.15, -0.1) is 0 Å². The Labute approximate surface area is 156 Å². The first-order chi connectivity index (χ1) is 12.0. The molecular formula is C21H31NO4. The predicted molar refractivity (Wildman–Crippen MR) is 101 cm³/mol. The van der Waals surface area contributed by atoms with Gasteiger partial charge in [0.25, 0.3) is 0 Å². The normalized spacial score (nSPS) is 20.8. The molecule has 5 nitrogen and oxygen atoms in total. The van der Waals surface area contributed by atoms with E-state index in [1.54, 1.807) is 0 Å². The van der Waals surface area contributed by atoms with Crippen molar-refractivity contribution in [3.8, 4) is 0 Å². The standard InChI is InChI=1S/C21H31NO4/c1-20(2,3)25-18(23)17-16(14-15-10-8-7-9-11-15)12-13-22(17)19(24)26-21(4,5)6/h7-11,16-17H,12-14H2,1-6H3. The molecule has 1 aromatic rings. The van der Waals surface area contributed by atoms with Crippen LogP contribution in [0.15, 0.2) is 30.3 Å². The molecule has 0 aliphatic carbocycles. The molecular weight excluding hydrogens is 330 g/mol. The molecule has 1 heterocycles. The van der Waals surface area contributed by atoms with Crippen molar-refractivity contribution in [1.29, 1.82) is 0 Å². The lowest BCUT2D eigenvalue weighted by Crippen LogP contribution is -2.48. The first-order valence-electron chi connectivity index (χ1n) is 9.23. The Balaban J connectivity index is 2.22. The molecule has 2 atom stereocenters. The van der Waals surface area contributed by atoms with Gasteiger partial charge in [0.1, 0.15) is 17.2 Å². The van der Waals surface area contributed by atoms with Gasteiger partial charge in [-0.3, -0.25) is 4.90 Å². The van der Waals surface area contributed by atoms with Crippen molar-refractivity contribution < 1.29 is 19.1 Å². The van der Waals surface area contributed by atoms with Crippen LogP contribution in [0.1, 0.15) is 53.5 Å². The van der Waals surface area contributed by atoms with Crippen LogP contribution < -0.4 is 0 Å². The lowest BCUT2D eigenvalue weighted by Gasteiger charge is -2.31. The Morgan fingerprint density at radius 3 is 2.12 bits per heavy atom. The Morgan fingerprint density at radius 1 is 1.00 bits per heavy atom. The predicted octanol–water partition coefficient (Wildman–Crippen LogP) is 4.20. The summed E-state index contributed by atoms with van der Waals surface area (Å²) in [5.74, 6) is -0.346. The van der Waals surface area contributed by atoms with Crippen LogP contribution in [0.4, 0.5) is 4.79 Å². The zero-order valence-electron chi connectivity index (χ0n) is 16.7. The summed E-state index contributed by atoms with van der Waals surface area (Å²) in [7, 11) is 0. The number of likely N-dealkylation sites (tertiary alicyclic amines) is 1. The highest BCUT2D eigenvalue weighted by molar-refractivity contribution is 5.83. The van der Waals surface area contributed by atoms with Crippen LogP contribution in [0.2, 0.25) is 0 Å². The van der Waals surface area contributed by atoms with Crippen LogP contribution >= 0.6 is 0 Å². The van der Waals surface area contributed by atoms with E-state index in [4.69, 9.17) is 9.47 Å². The van der Waals surface area contributed by atoms with Crippen LogP contribution in [0.5, 0.6) is 0 Å². The number of esters is 1. The molecule has 1 fully saturated rings. The lowest BCUT2D eigenvalue weighted by molar-refractivity contribution is -0.161. The van der Waals surface area contributed by atoms with E-state index in [-0.39, 0.29) is 11.9 Å². The summed E-state index contributed by atoms with van der Waals surface area (Å²) in [6, 6.07) is 9.40. The molecule has 0 aromatic heterocycles. The minimum Gasteiger partial charge on any atom is -0.458 e. The largest absolute Gasteiger partial charge is 0.458 e. The Bertz CT molecular complexity index is 628. The van der Waals surface area contributed by atoms with Crippen molar-refractivity contribution in [2.75, 3.05) is 6.54 Å². The first kappa shape index (κ1) is 20.3. The fourth-order valence-electron chi connectivity index (χ4n) is 3.19. The van der Waals surface area contributed by atoms with Crippen LogP contribution in [0.3, 0.4) is 0 Å². The summed E-state index contributed by atoms with van der Waals surface area (Å²) in [6.07, 6.45) is 1.02. The number of carbonyl (C=O) groups is 2. The highest BCUT2D eigenvalue weighted by atomic mass is 16.6. The average Bonchev–Trinajstić information content (AvgIpc) is 2.88. The van der Waals surface area contributed by atoms with Gasteiger partial charge in [-0.05, 0) is 65.9 Å². The van der Waals surface area contributed by atoms with E-state index in [1.807, 2.05) is 71.9 Å². The smallest absolute Gasteiger partial charge is 0.411 e. The highest BCUT2D eigenvalue weighted by Gasteiger charge is 2.45. The van der Waals surface area contributed by atoms with Crippen molar-refractivity contribution in [3.05, 3.63) is 35.9 Å². The van der Waals surface area contributed by atoms with Gasteiger partial charge in [0.05, 0.1) is 0 Å². The van der Waals surface area contributed by atoms with Gasteiger partial charge in [0.2, 0.25) is 0 Å². The highest BCUT2D eigenvalue weighted by Crippen LogP contribution is 2.31. The van der Waals surface area contributed by atoms with Crippen LogP contribution in [0, 0.1) is 5.92 Å². The molecule has 1 aromatic carbocycles.